The molecule has 0 aromatic heterocycles. The molecule has 58 heavy (non-hydrogen) atoms. The molecule has 0 aromatic rings. The third-order valence-corrected chi connectivity index (χ3v) is 12.4. The number of aliphatic hydroxyl groups excluding tert-OH is 2. The van der Waals surface area contributed by atoms with E-state index >= 15 is 0 Å². The lowest BCUT2D eigenvalue weighted by atomic mass is 10.0. The largest absolute Gasteiger partial charge is 0.466 e. The van der Waals surface area contributed by atoms with E-state index in [4.69, 9.17) is 4.74 Å². The standard InChI is InChI=1S/C52H103NO5/c1-3-5-7-9-11-13-15-16-17-18-21-25-28-32-36-40-44-50(55)49(48-54)53-51(56)45-41-37-33-29-26-22-19-20-23-27-31-35-39-43-47-58-52(57)46-42-38-34-30-24-14-12-10-8-6-4-2/h49-50,54-55H,3-48H2,1-2H3,(H,53,56). The van der Waals surface area contributed by atoms with Gasteiger partial charge in [-0.1, -0.05) is 258 Å². The quantitative estimate of drug-likeness (QED) is 0.0420. The molecular weight excluding hydrogens is 719 g/mol. The van der Waals surface area contributed by atoms with E-state index in [1.165, 1.54) is 212 Å². The van der Waals surface area contributed by atoms with Crippen LogP contribution in [0.15, 0.2) is 0 Å². The Hall–Kier alpha value is -1.14. The van der Waals surface area contributed by atoms with Gasteiger partial charge in [0.25, 0.3) is 0 Å². The number of nitrogens with one attached hydrogen (secondary N) is 1. The molecule has 6 heteroatoms. The SMILES string of the molecule is CCCCCCCCCCCCCCCCCCC(O)C(CO)NC(=O)CCCCCCCCCCCCCCCCOC(=O)CCCCCCCCCCCCC. The van der Waals surface area contributed by atoms with E-state index < -0.39 is 12.1 Å². The topological polar surface area (TPSA) is 95.9 Å². The Morgan fingerprint density at radius 2 is 0.707 bits per heavy atom. The minimum absolute atomic E-state index is 0.00177. The van der Waals surface area contributed by atoms with Gasteiger partial charge in [0.2, 0.25) is 5.91 Å². The number of carbonyl (C=O) groups excluding carboxylic acids is 2. The lowest BCUT2D eigenvalue weighted by Crippen LogP contribution is -2.45. The number of aliphatic hydroxyl groups is 2. The summed E-state index contributed by atoms with van der Waals surface area (Å²) in [5.41, 5.74) is 0. The molecule has 2 atom stereocenters. The first-order valence-electron chi connectivity index (χ1n) is 26.3. The van der Waals surface area contributed by atoms with Crippen LogP contribution in [0.2, 0.25) is 0 Å². The number of carbonyl (C=O) groups is 2. The van der Waals surface area contributed by atoms with E-state index in [1.807, 2.05) is 0 Å². The lowest BCUT2D eigenvalue weighted by molar-refractivity contribution is -0.143. The van der Waals surface area contributed by atoms with Crippen LogP contribution in [0.1, 0.15) is 296 Å². The number of amides is 1. The van der Waals surface area contributed by atoms with Gasteiger partial charge in [0.1, 0.15) is 0 Å². The van der Waals surface area contributed by atoms with Gasteiger partial charge in [-0.2, -0.15) is 0 Å². The minimum atomic E-state index is -0.669. The maximum atomic E-state index is 12.5. The number of rotatable bonds is 49. The normalized spacial score (nSPS) is 12.6. The Morgan fingerprint density at radius 3 is 1.05 bits per heavy atom. The van der Waals surface area contributed by atoms with Gasteiger partial charge >= 0.3 is 5.97 Å². The second-order valence-electron chi connectivity index (χ2n) is 18.2. The Morgan fingerprint density at radius 1 is 0.414 bits per heavy atom. The van der Waals surface area contributed by atoms with Crippen molar-refractivity contribution in [3.63, 3.8) is 0 Å². The summed E-state index contributed by atoms with van der Waals surface area (Å²) in [4.78, 5) is 24.4. The van der Waals surface area contributed by atoms with Crippen molar-refractivity contribution in [2.75, 3.05) is 13.2 Å². The number of esters is 1. The van der Waals surface area contributed by atoms with E-state index in [1.54, 1.807) is 0 Å². The highest BCUT2D eigenvalue weighted by molar-refractivity contribution is 5.76. The second-order valence-corrected chi connectivity index (χ2v) is 18.2. The van der Waals surface area contributed by atoms with Crippen LogP contribution in [0.3, 0.4) is 0 Å². The van der Waals surface area contributed by atoms with Crippen LogP contribution in [0.4, 0.5) is 0 Å². The van der Waals surface area contributed by atoms with Gasteiger partial charge in [0.15, 0.2) is 0 Å². The molecule has 0 rings (SSSR count). The van der Waals surface area contributed by atoms with E-state index in [-0.39, 0.29) is 18.5 Å². The van der Waals surface area contributed by atoms with Crippen LogP contribution in [-0.2, 0) is 14.3 Å². The monoisotopic (exact) mass is 822 g/mol. The second kappa shape index (κ2) is 48.5. The molecule has 0 saturated heterocycles. The first-order chi connectivity index (χ1) is 28.5. The number of ether oxygens (including phenoxy) is 1. The van der Waals surface area contributed by atoms with Gasteiger partial charge in [-0.05, 0) is 25.7 Å². The zero-order valence-corrected chi connectivity index (χ0v) is 39.3. The average Bonchev–Trinajstić information content (AvgIpc) is 3.22. The summed E-state index contributed by atoms with van der Waals surface area (Å²) in [7, 11) is 0. The third-order valence-electron chi connectivity index (χ3n) is 12.4. The van der Waals surface area contributed by atoms with Gasteiger partial charge < -0.3 is 20.3 Å². The summed E-state index contributed by atoms with van der Waals surface area (Å²) in [6, 6.07) is -0.547. The summed E-state index contributed by atoms with van der Waals surface area (Å²) in [5, 5.41) is 23.2. The van der Waals surface area contributed by atoms with E-state index in [9.17, 15) is 19.8 Å². The summed E-state index contributed by atoms with van der Waals surface area (Å²) >= 11 is 0. The Balaban J connectivity index is 3.44. The van der Waals surface area contributed by atoms with Crippen molar-refractivity contribution in [2.45, 2.75) is 309 Å². The minimum Gasteiger partial charge on any atom is -0.466 e. The van der Waals surface area contributed by atoms with Crippen molar-refractivity contribution in [1.82, 2.24) is 5.32 Å². The summed E-state index contributed by atoms with van der Waals surface area (Å²) in [6.07, 6.45) is 53.5. The highest BCUT2D eigenvalue weighted by atomic mass is 16.5. The van der Waals surface area contributed by atoms with Crippen molar-refractivity contribution in [3.05, 3.63) is 0 Å². The molecular formula is C52H103NO5. The first kappa shape index (κ1) is 56.9. The van der Waals surface area contributed by atoms with Gasteiger partial charge in [0, 0.05) is 12.8 Å². The molecule has 0 aliphatic carbocycles. The fourth-order valence-corrected chi connectivity index (χ4v) is 8.35. The highest BCUT2D eigenvalue weighted by Crippen LogP contribution is 2.17. The molecule has 0 saturated carbocycles. The van der Waals surface area contributed by atoms with Crippen LogP contribution in [0, 0.1) is 0 Å². The number of hydrogen-bond donors (Lipinski definition) is 3. The molecule has 0 aliphatic heterocycles. The Labute approximate surface area is 362 Å². The van der Waals surface area contributed by atoms with Crippen LogP contribution >= 0.6 is 0 Å². The first-order valence-corrected chi connectivity index (χ1v) is 26.3. The maximum Gasteiger partial charge on any atom is 0.305 e. The molecule has 0 spiro atoms. The fourth-order valence-electron chi connectivity index (χ4n) is 8.35. The van der Waals surface area contributed by atoms with E-state index in [0.29, 0.717) is 25.9 Å². The van der Waals surface area contributed by atoms with Crippen molar-refractivity contribution >= 4 is 11.9 Å². The molecule has 0 fully saturated rings. The van der Waals surface area contributed by atoms with Crippen LogP contribution < -0.4 is 5.32 Å². The third kappa shape index (κ3) is 44.4. The molecule has 2 unspecified atom stereocenters. The molecule has 0 radical (unpaired) electrons. The van der Waals surface area contributed by atoms with Crippen LogP contribution in [0.5, 0.6) is 0 Å². The molecule has 0 aromatic carbocycles. The van der Waals surface area contributed by atoms with Gasteiger partial charge in [-0.25, -0.2) is 0 Å². The highest BCUT2D eigenvalue weighted by Gasteiger charge is 2.20. The fraction of sp³-hybridized carbons (Fsp3) is 0.962. The molecule has 346 valence electrons. The van der Waals surface area contributed by atoms with Crippen molar-refractivity contribution in [3.8, 4) is 0 Å². The van der Waals surface area contributed by atoms with Gasteiger partial charge in [-0.15, -0.1) is 0 Å². The van der Waals surface area contributed by atoms with E-state index in [0.717, 1.165) is 51.4 Å². The Bertz CT molecular complexity index is 822. The maximum absolute atomic E-state index is 12.5. The number of hydrogen-bond acceptors (Lipinski definition) is 5. The number of unbranched alkanes of at least 4 members (excludes halogenated alkanes) is 38. The Kier molecular flexibility index (Phi) is 47.6. The molecule has 0 aliphatic rings. The molecule has 6 nitrogen and oxygen atoms in total. The van der Waals surface area contributed by atoms with Crippen LogP contribution in [-0.4, -0.2) is 47.4 Å². The summed E-state index contributed by atoms with van der Waals surface area (Å²) in [6.45, 7) is 4.94. The summed E-state index contributed by atoms with van der Waals surface area (Å²) in [5.74, 6) is -0.0448. The molecule has 0 bridgehead atoms. The predicted octanol–water partition coefficient (Wildman–Crippen LogP) is 15.6. The van der Waals surface area contributed by atoms with E-state index in [2.05, 4.69) is 19.2 Å². The average molecular weight is 822 g/mol. The van der Waals surface area contributed by atoms with Crippen molar-refractivity contribution in [1.29, 1.82) is 0 Å². The van der Waals surface area contributed by atoms with Crippen molar-refractivity contribution < 1.29 is 24.5 Å². The van der Waals surface area contributed by atoms with Crippen molar-refractivity contribution in [2.24, 2.45) is 0 Å². The molecule has 3 N–H and O–H groups in total. The molecule has 1 amide bonds. The molecule has 0 heterocycles. The summed E-state index contributed by atoms with van der Waals surface area (Å²) < 4.78 is 5.45. The lowest BCUT2D eigenvalue weighted by Gasteiger charge is -2.22. The van der Waals surface area contributed by atoms with Gasteiger partial charge in [-0.3, -0.25) is 9.59 Å². The van der Waals surface area contributed by atoms with Gasteiger partial charge in [0.05, 0.1) is 25.4 Å². The smallest absolute Gasteiger partial charge is 0.305 e. The zero-order chi connectivity index (χ0) is 42.3. The zero-order valence-electron chi connectivity index (χ0n) is 39.3. The predicted molar refractivity (Wildman–Crippen MR) is 250 cm³/mol. The van der Waals surface area contributed by atoms with Crippen LogP contribution in [0.25, 0.3) is 0 Å².